The molecule has 0 aliphatic carbocycles. The van der Waals surface area contributed by atoms with Crippen molar-refractivity contribution in [2.24, 2.45) is 5.92 Å². The van der Waals surface area contributed by atoms with Gasteiger partial charge in [0.15, 0.2) is 6.10 Å². The third kappa shape index (κ3) is 3.88. The number of hydrogen-bond donors (Lipinski definition) is 0. The largest absolute Gasteiger partial charge is 0.459 e. The van der Waals surface area contributed by atoms with E-state index < -0.39 is 18.1 Å². The van der Waals surface area contributed by atoms with Gasteiger partial charge in [0.25, 0.3) is 5.91 Å². The van der Waals surface area contributed by atoms with Crippen molar-refractivity contribution in [3.63, 3.8) is 0 Å². The Morgan fingerprint density at radius 1 is 0.778 bits per heavy atom. The highest BCUT2D eigenvalue weighted by Gasteiger charge is 2.60. The molecule has 0 bridgehead atoms. The molecule has 180 valence electrons. The number of anilines is 1. The quantitative estimate of drug-likeness (QED) is 0.290. The minimum atomic E-state index is -0.940. The lowest BCUT2D eigenvalue weighted by Gasteiger charge is -2.27. The number of para-hydroxylation sites is 1. The number of hydroxylamine groups is 1. The average Bonchev–Trinajstić information content (AvgIpc) is 3.59. The summed E-state index contributed by atoms with van der Waals surface area (Å²) in [7, 11) is 0. The van der Waals surface area contributed by atoms with Crippen LogP contribution in [-0.2, 0) is 21.0 Å². The van der Waals surface area contributed by atoms with Crippen LogP contribution in [-0.4, -0.2) is 22.8 Å². The Morgan fingerprint density at radius 2 is 1.50 bits per heavy atom. The number of carbonyl (C=O) groups excluding carboxylic acids is 2. The lowest BCUT2D eigenvalue weighted by Crippen LogP contribution is -2.36. The third-order valence-electron chi connectivity index (χ3n) is 6.52. The standard InChI is InChI=1S/C28H20Cl2N2O4/c29-20-12-11-18(15-21(20)30)22-13-14-23(35-22)25-24-26(36-32(25)19-9-5-2-6-10-19)28(34)31(27(24)33)16-17-7-3-1-4-8-17/h1-15,24-26H,16H2/t24-,25+,26-/m1/s1. The van der Waals surface area contributed by atoms with E-state index in [1.807, 2.05) is 78.9 Å². The van der Waals surface area contributed by atoms with E-state index in [9.17, 15) is 9.59 Å². The first kappa shape index (κ1) is 22.9. The highest BCUT2D eigenvalue weighted by Crippen LogP contribution is 2.48. The number of furan rings is 1. The lowest BCUT2D eigenvalue weighted by molar-refractivity contribution is -0.143. The fourth-order valence-corrected chi connectivity index (χ4v) is 5.10. The first-order chi connectivity index (χ1) is 17.5. The monoisotopic (exact) mass is 518 g/mol. The van der Waals surface area contributed by atoms with E-state index in [1.54, 1.807) is 17.2 Å². The van der Waals surface area contributed by atoms with Gasteiger partial charge in [-0.2, -0.15) is 0 Å². The highest BCUT2D eigenvalue weighted by molar-refractivity contribution is 6.42. The molecule has 0 N–H and O–H groups in total. The van der Waals surface area contributed by atoms with Crippen molar-refractivity contribution in [3.8, 4) is 11.3 Å². The summed E-state index contributed by atoms with van der Waals surface area (Å²) in [6.07, 6.45) is -0.940. The molecular weight excluding hydrogens is 499 g/mol. The molecule has 8 heteroatoms. The van der Waals surface area contributed by atoms with Gasteiger partial charge in [-0.25, -0.2) is 5.06 Å². The topological polar surface area (TPSA) is 63.0 Å². The minimum Gasteiger partial charge on any atom is -0.459 e. The normalized spacial score (nSPS) is 21.3. The molecule has 2 fully saturated rings. The molecule has 3 aromatic carbocycles. The van der Waals surface area contributed by atoms with Gasteiger partial charge in [0.2, 0.25) is 5.91 Å². The molecule has 0 spiro atoms. The van der Waals surface area contributed by atoms with Crippen LogP contribution in [0.1, 0.15) is 17.4 Å². The molecule has 0 unspecified atom stereocenters. The number of likely N-dealkylation sites (tertiary alicyclic amines) is 1. The SMILES string of the molecule is O=C1[C@H]2[C@@H](ON(c3ccccc3)[C@H]2c2ccc(-c3ccc(Cl)c(Cl)c3)o2)C(=O)N1Cc1ccccc1. The number of hydrogen-bond acceptors (Lipinski definition) is 5. The second-order valence-corrected chi connectivity index (χ2v) is 9.55. The van der Waals surface area contributed by atoms with Gasteiger partial charge in [0, 0.05) is 5.56 Å². The molecule has 36 heavy (non-hydrogen) atoms. The predicted molar refractivity (Wildman–Crippen MR) is 136 cm³/mol. The summed E-state index contributed by atoms with van der Waals surface area (Å²) < 4.78 is 6.24. The first-order valence-electron chi connectivity index (χ1n) is 11.5. The number of benzene rings is 3. The fraction of sp³-hybridized carbons (Fsp3) is 0.143. The number of nitrogens with zero attached hydrogens (tertiary/aromatic N) is 2. The number of halogens is 2. The number of fused-ring (bicyclic) bond motifs is 1. The van der Waals surface area contributed by atoms with Crippen LogP contribution in [0.15, 0.2) is 95.4 Å². The highest BCUT2D eigenvalue weighted by atomic mass is 35.5. The van der Waals surface area contributed by atoms with Crippen LogP contribution in [0.2, 0.25) is 10.0 Å². The summed E-state index contributed by atoms with van der Waals surface area (Å²) >= 11 is 12.3. The summed E-state index contributed by atoms with van der Waals surface area (Å²) in [6.45, 7) is 0.194. The maximum Gasteiger partial charge on any atom is 0.262 e. The Kier molecular flexibility index (Phi) is 5.80. The Bertz CT molecular complexity index is 1440. The molecule has 3 heterocycles. The predicted octanol–water partition coefficient (Wildman–Crippen LogP) is 6.30. The number of carbonyl (C=O) groups is 2. The Labute approximate surface area is 217 Å². The van der Waals surface area contributed by atoms with Gasteiger partial charge in [-0.05, 0) is 48.0 Å². The molecule has 3 atom stereocenters. The van der Waals surface area contributed by atoms with Crippen LogP contribution < -0.4 is 5.06 Å². The first-order valence-corrected chi connectivity index (χ1v) is 12.2. The van der Waals surface area contributed by atoms with E-state index in [0.717, 1.165) is 16.8 Å². The molecule has 6 nitrogen and oxygen atoms in total. The zero-order valence-electron chi connectivity index (χ0n) is 18.9. The second-order valence-electron chi connectivity index (χ2n) is 8.74. The zero-order chi connectivity index (χ0) is 24.8. The molecule has 2 aliphatic heterocycles. The molecule has 0 saturated carbocycles. The van der Waals surface area contributed by atoms with Gasteiger partial charge in [0.1, 0.15) is 23.5 Å². The fourth-order valence-electron chi connectivity index (χ4n) is 4.80. The zero-order valence-corrected chi connectivity index (χ0v) is 20.4. The van der Waals surface area contributed by atoms with Crippen molar-refractivity contribution < 1.29 is 18.8 Å². The average molecular weight is 519 g/mol. The molecule has 1 aromatic heterocycles. The van der Waals surface area contributed by atoms with Crippen LogP contribution in [0.3, 0.4) is 0 Å². The Hall–Kier alpha value is -3.58. The smallest absolute Gasteiger partial charge is 0.262 e. The van der Waals surface area contributed by atoms with E-state index in [4.69, 9.17) is 32.5 Å². The molecule has 2 amide bonds. The van der Waals surface area contributed by atoms with Crippen molar-refractivity contribution in [2.45, 2.75) is 18.7 Å². The molecule has 2 saturated heterocycles. The van der Waals surface area contributed by atoms with Gasteiger partial charge in [-0.15, -0.1) is 0 Å². The van der Waals surface area contributed by atoms with E-state index in [-0.39, 0.29) is 18.4 Å². The van der Waals surface area contributed by atoms with Crippen molar-refractivity contribution in [3.05, 3.63) is 112 Å². The molecule has 4 aromatic rings. The van der Waals surface area contributed by atoms with Crippen LogP contribution in [0.5, 0.6) is 0 Å². The Morgan fingerprint density at radius 3 is 2.22 bits per heavy atom. The minimum absolute atomic E-state index is 0.194. The van der Waals surface area contributed by atoms with Crippen molar-refractivity contribution in [2.75, 3.05) is 5.06 Å². The summed E-state index contributed by atoms with van der Waals surface area (Å²) in [5.41, 5.74) is 2.34. The van der Waals surface area contributed by atoms with Gasteiger partial charge in [-0.1, -0.05) is 71.7 Å². The van der Waals surface area contributed by atoms with Crippen molar-refractivity contribution in [1.29, 1.82) is 0 Å². The van der Waals surface area contributed by atoms with Crippen LogP contribution >= 0.6 is 23.2 Å². The van der Waals surface area contributed by atoms with Gasteiger partial charge in [-0.3, -0.25) is 19.3 Å². The summed E-state index contributed by atoms with van der Waals surface area (Å²) in [5, 5.41) is 2.47. The molecular formula is C28H20Cl2N2O4. The van der Waals surface area contributed by atoms with E-state index in [1.165, 1.54) is 4.90 Å². The lowest BCUT2D eigenvalue weighted by atomic mass is 9.94. The molecule has 6 rings (SSSR count). The molecule has 2 aliphatic rings. The van der Waals surface area contributed by atoms with Crippen molar-refractivity contribution in [1.82, 2.24) is 4.90 Å². The van der Waals surface area contributed by atoms with Crippen molar-refractivity contribution >= 4 is 40.7 Å². The van der Waals surface area contributed by atoms with Gasteiger partial charge in [0.05, 0.1) is 22.3 Å². The van der Waals surface area contributed by atoms with E-state index >= 15 is 0 Å². The van der Waals surface area contributed by atoms with Gasteiger partial charge >= 0.3 is 0 Å². The van der Waals surface area contributed by atoms with Gasteiger partial charge < -0.3 is 4.42 Å². The summed E-state index contributed by atoms with van der Waals surface area (Å²) in [4.78, 5) is 34.4. The van der Waals surface area contributed by atoms with E-state index in [0.29, 0.717) is 21.6 Å². The summed E-state index contributed by atoms with van der Waals surface area (Å²) in [5.74, 6) is -0.319. The number of rotatable bonds is 5. The van der Waals surface area contributed by atoms with Crippen LogP contribution in [0, 0.1) is 5.92 Å². The second kappa shape index (κ2) is 9.13. The third-order valence-corrected chi connectivity index (χ3v) is 7.26. The van der Waals surface area contributed by atoms with Crippen LogP contribution in [0.25, 0.3) is 11.3 Å². The maximum absolute atomic E-state index is 13.6. The van der Waals surface area contributed by atoms with Crippen LogP contribution in [0.4, 0.5) is 5.69 Å². The van der Waals surface area contributed by atoms with E-state index in [2.05, 4.69) is 0 Å². The molecule has 0 radical (unpaired) electrons. The number of imide groups is 1. The Balaban J connectivity index is 1.38. The maximum atomic E-state index is 13.6. The number of amides is 2. The summed E-state index contributed by atoms with van der Waals surface area (Å²) in [6, 6.07) is 27.0.